The van der Waals surface area contributed by atoms with Crippen LogP contribution in [0, 0.1) is 5.92 Å². The van der Waals surface area contributed by atoms with Gasteiger partial charge in [-0.25, -0.2) is 0 Å². The van der Waals surface area contributed by atoms with Crippen molar-refractivity contribution in [3.63, 3.8) is 0 Å². The van der Waals surface area contributed by atoms with Gasteiger partial charge in [0.05, 0.1) is 0 Å². The molecule has 1 aromatic carbocycles. The molecule has 0 saturated heterocycles. The van der Waals surface area contributed by atoms with Crippen LogP contribution < -0.4 is 0 Å². The van der Waals surface area contributed by atoms with Crippen LogP contribution in [0.5, 0.6) is 0 Å². The van der Waals surface area contributed by atoms with Crippen LogP contribution >= 0.6 is 11.8 Å². The molecule has 0 heterocycles. The molecule has 0 spiro atoms. The standard InChI is InChI=1S/C18H30S/c1-6-10-15(11-7-2)14-19-17-13-9-8-12-16(17)18(3,4)5/h8-9,12-13,15H,6-7,10-11,14H2,1-5H3. The van der Waals surface area contributed by atoms with Gasteiger partial charge in [-0.15, -0.1) is 11.8 Å². The highest BCUT2D eigenvalue weighted by molar-refractivity contribution is 7.99. The van der Waals surface area contributed by atoms with Gasteiger partial charge in [0.15, 0.2) is 0 Å². The number of thioether (sulfide) groups is 1. The van der Waals surface area contributed by atoms with Crippen LogP contribution in [0.4, 0.5) is 0 Å². The van der Waals surface area contributed by atoms with Crippen molar-refractivity contribution in [1.82, 2.24) is 0 Å². The average molecular weight is 279 g/mol. The second-order valence-corrected chi connectivity index (χ2v) is 7.56. The maximum absolute atomic E-state index is 2.31. The van der Waals surface area contributed by atoms with E-state index in [1.807, 2.05) is 0 Å². The Morgan fingerprint density at radius 2 is 1.58 bits per heavy atom. The molecule has 0 aromatic heterocycles. The van der Waals surface area contributed by atoms with Gasteiger partial charge in [0.25, 0.3) is 0 Å². The van der Waals surface area contributed by atoms with Crippen LogP contribution in [0.15, 0.2) is 29.2 Å². The zero-order chi connectivity index (χ0) is 14.3. The van der Waals surface area contributed by atoms with Crippen molar-refractivity contribution in [3.05, 3.63) is 29.8 Å². The molecule has 0 aliphatic carbocycles. The Kier molecular flexibility index (Phi) is 6.99. The predicted octanol–water partition coefficient (Wildman–Crippen LogP) is 6.29. The summed E-state index contributed by atoms with van der Waals surface area (Å²) < 4.78 is 0. The smallest absolute Gasteiger partial charge is 0.0109 e. The fourth-order valence-electron chi connectivity index (χ4n) is 2.55. The zero-order valence-electron chi connectivity index (χ0n) is 13.3. The van der Waals surface area contributed by atoms with Crippen molar-refractivity contribution < 1.29 is 0 Å². The van der Waals surface area contributed by atoms with E-state index in [2.05, 4.69) is 70.6 Å². The van der Waals surface area contributed by atoms with E-state index in [9.17, 15) is 0 Å². The van der Waals surface area contributed by atoms with E-state index < -0.39 is 0 Å². The summed E-state index contributed by atoms with van der Waals surface area (Å²) in [5.41, 5.74) is 1.74. The molecule has 0 bridgehead atoms. The second-order valence-electron chi connectivity index (χ2n) is 6.50. The molecule has 1 aromatic rings. The van der Waals surface area contributed by atoms with E-state index in [4.69, 9.17) is 0 Å². The van der Waals surface area contributed by atoms with Crippen LogP contribution in [0.25, 0.3) is 0 Å². The van der Waals surface area contributed by atoms with Crippen LogP contribution in [-0.4, -0.2) is 5.75 Å². The number of hydrogen-bond donors (Lipinski definition) is 0. The summed E-state index contributed by atoms with van der Waals surface area (Å²) in [5, 5.41) is 0. The van der Waals surface area contributed by atoms with Crippen molar-refractivity contribution in [3.8, 4) is 0 Å². The largest absolute Gasteiger partial charge is 0.126 e. The van der Waals surface area contributed by atoms with Crippen LogP contribution in [0.2, 0.25) is 0 Å². The summed E-state index contributed by atoms with van der Waals surface area (Å²) in [6, 6.07) is 8.92. The molecule has 0 aliphatic rings. The predicted molar refractivity (Wildman–Crippen MR) is 89.2 cm³/mol. The molecule has 0 saturated carbocycles. The molecular weight excluding hydrogens is 248 g/mol. The Bertz CT molecular complexity index is 356. The fraction of sp³-hybridized carbons (Fsp3) is 0.667. The summed E-state index contributed by atoms with van der Waals surface area (Å²) in [4.78, 5) is 1.48. The molecule has 0 fully saturated rings. The van der Waals surface area contributed by atoms with Gasteiger partial charge < -0.3 is 0 Å². The van der Waals surface area contributed by atoms with E-state index in [0.29, 0.717) is 0 Å². The molecule has 0 atom stereocenters. The minimum Gasteiger partial charge on any atom is -0.126 e. The monoisotopic (exact) mass is 278 g/mol. The fourth-order valence-corrected chi connectivity index (χ4v) is 4.00. The molecule has 0 unspecified atom stereocenters. The highest BCUT2D eigenvalue weighted by atomic mass is 32.2. The molecule has 1 rings (SSSR count). The average Bonchev–Trinajstić information content (AvgIpc) is 2.36. The number of benzene rings is 1. The first-order valence-corrected chi connectivity index (χ1v) is 8.69. The summed E-state index contributed by atoms with van der Waals surface area (Å²) >= 11 is 2.06. The van der Waals surface area contributed by atoms with Crippen molar-refractivity contribution in [2.45, 2.75) is 70.6 Å². The highest BCUT2D eigenvalue weighted by Crippen LogP contribution is 2.34. The molecule has 1 heteroatoms. The maximum Gasteiger partial charge on any atom is 0.0109 e. The summed E-state index contributed by atoms with van der Waals surface area (Å²) in [6.45, 7) is 11.5. The van der Waals surface area contributed by atoms with Crippen LogP contribution in [0.1, 0.15) is 65.9 Å². The van der Waals surface area contributed by atoms with Crippen molar-refractivity contribution >= 4 is 11.8 Å². The van der Waals surface area contributed by atoms with Gasteiger partial charge in [-0.1, -0.05) is 65.7 Å². The Labute approximate surface area is 124 Å². The normalized spacial score (nSPS) is 12.1. The van der Waals surface area contributed by atoms with Gasteiger partial charge in [0.1, 0.15) is 0 Å². The highest BCUT2D eigenvalue weighted by Gasteiger charge is 2.18. The Morgan fingerprint density at radius 3 is 2.11 bits per heavy atom. The van der Waals surface area contributed by atoms with Gasteiger partial charge in [-0.2, -0.15) is 0 Å². The maximum atomic E-state index is 2.31. The lowest BCUT2D eigenvalue weighted by Crippen LogP contribution is -2.13. The number of rotatable bonds is 7. The molecular formula is C18H30S. The summed E-state index contributed by atoms with van der Waals surface area (Å²) in [5.74, 6) is 2.16. The van der Waals surface area contributed by atoms with E-state index >= 15 is 0 Å². The Hall–Kier alpha value is -0.430. The lowest BCUT2D eigenvalue weighted by atomic mass is 9.87. The first-order valence-electron chi connectivity index (χ1n) is 7.71. The van der Waals surface area contributed by atoms with Crippen molar-refractivity contribution in [2.75, 3.05) is 5.75 Å². The quantitative estimate of drug-likeness (QED) is 0.528. The second kappa shape index (κ2) is 7.99. The Balaban J connectivity index is 2.71. The lowest BCUT2D eigenvalue weighted by Gasteiger charge is -2.23. The van der Waals surface area contributed by atoms with Crippen LogP contribution in [0.3, 0.4) is 0 Å². The first-order chi connectivity index (χ1) is 8.99. The van der Waals surface area contributed by atoms with E-state index in [-0.39, 0.29) is 5.41 Å². The minimum atomic E-state index is 0.245. The van der Waals surface area contributed by atoms with E-state index in [0.717, 1.165) is 5.92 Å². The first kappa shape index (κ1) is 16.6. The van der Waals surface area contributed by atoms with Gasteiger partial charge >= 0.3 is 0 Å². The molecule has 0 nitrogen and oxygen atoms in total. The van der Waals surface area contributed by atoms with Gasteiger partial charge in [0, 0.05) is 10.6 Å². The minimum absolute atomic E-state index is 0.245. The summed E-state index contributed by atoms with van der Waals surface area (Å²) in [6.07, 6.45) is 5.37. The Morgan fingerprint density at radius 1 is 1.00 bits per heavy atom. The third-order valence-electron chi connectivity index (χ3n) is 3.56. The van der Waals surface area contributed by atoms with E-state index in [1.165, 1.54) is 41.9 Å². The van der Waals surface area contributed by atoms with Gasteiger partial charge in [0.2, 0.25) is 0 Å². The third kappa shape index (κ3) is 5.60. The molecule has 0 N–H and O–H groups in total. The van der Waals surface area contributed by atoms with Crippen molar-refractivity contribution in [1.29, 1.82) is 0 Å². The van der Waals surface area contributed by atoms with E-state index in [1.54, 1.807) is 0 Å². The topological polar surface area (TPSA) is 0 Å². The van der Waals surface area contributed by atoms with Gasteiger partial charge in [-0.3, -0.25) is 0 Å². The summed E-state index contributed by atoms with van der Waals surface area (Å²) in [7, 11) is 0. The molecule has 108 valence electrons. The molecule has 0 aliphatic heterocycles. The number of hydrogen-bond acceptors (Lipinski definition) is 1. The SMILES string of the molecule is CCCC(CCC)CSc1ccccc1C(C)(C)C. The molecule has 0 radical (unpaired) electrons. The zero-order valence-corrected chi connectivity index (χ0v) is 14.1. The van der Waals surface area contributed by atoms with Gasteiger partial charge in [-0.05, 0) is 35.8 Å². The third-order valence-corrected chi connectivity index (χ3v) is 4.87. The molecule has 0 amide bonds. The molecule has 19 heavy (non-hydrogen) atoms. The lowest BCUT2D eigenvalue weighted by molar-refractivity contribution is 0.488. The van der Waals surface area contributed by atoms with Crippen molar-refractivity contribution in [2.24, 2.45) is 5.92 Å². The van der Waals surface area contributed by atoms with Crippen LogP contribution in [-0.2, 0) is 5.41 Å².